The minimum atomic E-state index is -3.42. The van der Waals surface area contributed by atoms with Gasteiger partial charge in [0.15, 0.2) is 0 Å². The molecule has 1 heterocycles. The average Bonchev–Trinajstić information content (AvgIpc) is 2.63. The Hall–Kier alpha value is -1.41. The largest absolute Gasteiger partial charge is 0.496 e. The molecule has 0 atom stereocenters. The van der Waals surface area contributed by atoms with Crippen LogP contribution in [0.5, 0.6) is 5.75 Å². The van der Waals surface area contributed by atoms with Crippen molar-refractivity contribution in [3.8, 4) is 5.75 Å². The highest BCUT2D eigenvalue weighted by Gasteiger charge is 2.28. The lowest BCUT2D eigenvalue weighted by molar-refractivity contribution is 0.180. The monoisotopic (exact) mass is 438 g/mol. The zero-order chi connectivity index (χ0) is 18.7. The number of aryl methyl sites for hydroxylation is 1. The molecule has 0 aromatic heterocycles. The van der Waals surface area contributed by atoms with Crippen molar-refractivity contribution in [3.63, 3.8) is 0 Å². The van der Waals surface area contributed by atoms with Crippen LogP contribution in [0, 0.1) is 6.92 Å². The molecular formula is C19H23BrN2O3S. The first-order valence-electron chi connectivity index (χ1n) is 8.52. The van der Waals surface area contributed by atoms with Gasteiger partial charge in [-0.3, -0.25) is 4.90 Å². The molecule has 0 radical (unpaired) electrons. The number of sulfonamides is 1. The third kappa shape index (κ3) is 4.28. The van der Waals surface area contributed by atoms with Gasteiger partial charge in [0, 0.05) is 42.8 Å². The van der Waals surface area contributed by atoms with E-state index in [1.54, 1.807) is 23.5 Å². The minimum Gasteiger partial charge on any atom is -0.496 e. The number of ether oxygens (including phenoxy) is 1. The Morgan fingerprint density at radius 3 is 2.31 bits per heavy atom. The van der Waals surface area contributed by atoms with Gasteiger partial charge in [0.1, 0.15) is 5.75 Å². The Morgan fingerprint density at radius 2 is 1.69 bits per heavy atom. The van der Waals surface area contributed by atoms with Gasteiger partial charge in [0.25, 0.3) is 0 Å². The van der Waals surface area contributed by atoms with Gasteiger partial charge < -0.3 is 4.74 Å². The smallest absolute Gasteiger partial charge is 0.243 e. The van der Waals surface area contributed by atoms with Crippen molar-refractivity contribution in [3.05, 3.63) is 58.1 Å². The van der Waals surface area contributed by atoms with Gasteiger partial charge in [0.05, 0.1) is 12.0 Å². The van der Waals surface area contributed by atoms with Crippen LogP contribution in [0.4, 0.5) is 0 Å². The van der Waals surface area contributed by atoms with Crippen LogP contribution in [0.15, 0.2) is 51.8 Å². The summed E-state index contributed by atoms with van der Waals surface area (Å²) in [5, 5.41) is 0. The standard InChI is InChI=1S/C19H23BrN2O3S/c1-15-3-6-18(7-4-15)26(23,24)22-11-9-21(10-12-22)14-16-13-17(20)5-8-19(16)25-2/h3-8,13H,9-12,14H2,1-2H3. The highest BCUT2D eigenvalue weighted by Crippen LogP contribution is 2.25. The van der Waals surface area contributed by atoms with Crippen molar-refractivity contribution >= 4 is 26.0 Å². The highest BCUT2D eigenvalue weighted by atomic mass is 79.9. The SMILES string of the molecule is COc1ccc(Br)cc1CN1CCN(S(=O)(=O)c2ccc(C)cc2)CC1. The van der Waals surface area contributed by atoms with E-state index in [9.17, 15) is 8.42 Å². The Kier molecular flexibility index (Phi) is 6.02. The van der Waals surface area contributed by atoms with Crippen molar-refractivity contribution in [2.75, 3.05) is 33.3 Å². The summed E-state index contributed by atoms with van der Waals surface area (Å²) in [7, 11) is -1.75. The van der Waals surface area contributed by atoms with E-state index < -0.39 is 10.0 Å². The number of methoxy groups -OCH3 is 1. The van der Waals surface area contributed by atoms with Gasteiger partial charge in [0.2, 0.25) is 10.0 Å². The minimum absolute atomic E-state index is 0.366. The van der Waals surface area contributed by atoms with E-state index in [0.29, 0.717) is 31.1 Å². The highest BCUT2D eigenvalue weighted by molar-refractivity contribution is 9.10. The molecule has 5 nitrogen and oxygen atoms in total. The van der Waals surface area contributed by atoms with Crippen LogP contribution >= 0.6 is 15.9 Å². The molecule has 1 aliphatic heterocycles. The third-order valence-electron chi connectivity index (χ3n) is 4.63. The third-order valence-corrected chi connectivity index (χ3v) is 7.03. The maximum atomic E-state index is 12.8. The average molecular weight is 439 g/mol. The molecule has 0 N–H and O–H groups in total. The van der Waals surface area contributed by atoms with Crippen LogP contribution in [0.3, 0.4) is 0 Å². The van der Waals surface area contributed by atoms with Crippen molar-refractivity contribution in [2.45, 2.75) is 18.4 Å². The topological polar surface area (TPSA) is 49.9 Å². The number of rotatable bonds is 5. The number of hydrogen-bond acceptors (Lipinski definition) is 4. The molecule has 7 heteroatoms. The Morgan fingerprint density at radius 1 is 1.04 bits per heavy atom. The number of nitrogens with zero attached hydrogens (tertiary/aromatic N) is 2. The van der Waals surface area contributed by atoms with E-state index in [1.807, 2.05) is 37.3 Å². The fraction of sp³-hybridized carbons (Fsp3) is 0.368. The molecule has 26 heavy (non-hydrogen) atoms. The molecule has 2 aromatic carbocycles. The van der Waals surface area contributed by atoms with E-state index in [2.05, 4.69) is 20.8 Å². The van der Waals surface area contributed by atoms with Gasteiger partial charge in [-0.2, -0.15) is 4.31 Å². The van der Waals surface area contributed by atoms with Crippen LogP contribution < -0.4 is 4.74 Å². The molecule has 140 valence electrons. The van der Waals surface area contributed by atoms with Crippen molar-refractivity contribution < 1.29 is 13.2 Å². The summed E-state index contributed by atoms with van der Waals surface area (Å²) >= 11 is 3.50. The van der Waals surface area contributed by atoms with Gasteiger partial charge in [-0.15, -0.1) is 0 Å². The molecule has 1 fully saturated rings. The second kappa shape index (κ2) is 8.08. The summed E-state index contributed by atoms with van der Waals surface area (Å²) in [6.07, 6.45) is 0. The molecule has 0 saturated carbocycles. The summed E-state index contributed by atoms with van der Waals surface area (Å²) in [6, 6.07) is 13.0. The van der Waals surface area contributed by atoms with Gasteiger partial charge in [-0.25, -0.2) is 8.42 Å². The zero-order valence-corrected chi connectivity index (χ0v) is 17.4. The predicted octanol–water partition coefficient (Wildman–Crippen LogP) is 3.27. The molecule has 2 aromatic rings. The Bertz CT molecular complexity index is 861. The predicted molar refractivity (Wildman–Crippen MR) is 106 cm³/mol. The van der Waals surface area contributed by atoms with Gasteiger partial charge in [-0.1, -0.05) is 33.6 Å². The maximum Gasteiger partial charge on any atom is 0.243 e. The van der Waals surface area contributed by atoms with Crippen molar-refractivity contribution in [2.24, 2.45) is 0 Å². The molecule has 0 amide bonds. The summed E-state index contributed by atoms with van der Waals surface area (Å²) in [5.41, 5.74) is 2.15. The van der Waals surface area contributed by atoms with Crippen molar-refractivity contribution in [1.29, 1.82) is 0 Å². The Labute approximate surface area is 163 Å². The first kappa shape index (κ1) is 19.4. The second-order valence-corrected chi connectivity index (χ2v) is 9.30. The summed E-state index contributed by atoms with van der Waals surface area (Å²) in [4.78, 5) is 2.62. The maximum absolute atomic E-state index is 12.8. The van der Waals surface area contributed by atoms with E-state index in [4.69, 9.17) is 4.74 Å². The first-order chi connectivity index (χ1) is 12.4. The number of piperazine rings is 1. The summed E-state index contributed by atoms with van der Waals surface area (Å²) < 4.78 is 33.6. The van der Waals surface area contributed by atoms with Gasteiger partial charge in [-0.05, 0) is 37.3 Å². The normalized spacial score (nSPS) is 16.6. The quantitative estimate of drug-likeness (QED) is 0.718. The fourth-order valence-electron chi connectivity index (χ4n) is 3.10. The molecule has 3 rings (SSSR count). The molecule has 1 aliphatic rings. The molecule has 0 aliphatic carbocycles. The van der Waals surface area contributed by atoms with E-state index in [0.717, 1.165) is 27.9 Å². The molecule has 0 unspecified atom stereocenters. The van der Waals surface area contributed by atoms with E-state index >= 15 is 0 Å². The molecule has 1 saturated heterocycles. The van der Waals surface area contributed by atoms with Crippen LogP contribution in [-0.2, 0) is 16.6 Å². The number of halogens is 1. The van der Waals surface area contributed by atoms with Crippen LogP contribution in [0.25, 0.3) is 0 Å². The molecule has 0 bridgehead atoms. The Balaban J connectivity index is 1.66. The summed E-state index contributed by atoms with van der Waals surface area (Å²) in [5.74, 6) is 0.850. The first-order valence-corrected chi connectivity index (χ1v) is 10.7. The lowest BCUT2D eigenvalue weighted by atomic mass is 10.2. The fourth-order valence-corrected chi connectivity index (χ4v) is 4.93. The second-order valence-electron chi connectivity index (χ2n) is 6.45. The number of benzene rings is 2. The van der Waals surface area contributed by atoms with Crippen LogP contribution in [0.1, 0.15) is 11.1 Å². The molecule has 0 spiro atoms. The van der Waals surface area contributed by atoms with Crippen molar-refractivity contribution in [1.82, 2.24) is 9.21 Å². The number of hydrogen-bond donors (Lipinski definition) is 0. The van der Waals surface area contributed by atoms with Gasteiger partial charge >= 0.3 is 0 Å². The lowest BCUT2D eigenvalue weighted by Gasteiger charge is -2.34. The van der Waals surface area contributed by atoms with E-state index in [-0.39, 0.29) is 0 Å². The lowest BCUT2D eigenvalue weighted by Crippen LogP contribution is -2.48. The van der Waals surface area contributed by atoms with Crippen LogP contribution in [-0.4, -0.2) is 50.9 Å². The van der Waals surface area contributed by atoms with E-state index in [1.165, 1.54) is 0 Å². The van der Waals surface area contributed by atoms with Crippen LogP contribution in [0.2, 0.25) is 0 Å². The zero-order valence-electron chi connectivity index (χ0n) is 15.0. The molecular weight excluding hydrogens is 416 g/mol. The summed E-state index contributed by atoms with van der Waals surface area (Å²) in [6.45, 7) is 5.06.